The monoisotopic (exact) mass is 277 g/mol. The van der Waals surface area contributed by atoms with Crippen molar-refractivity contribution >= 4 is 0 Å². The fraction of sp³-hybridized carbons (Fsp3) is 0.647. The van der Waals surface area contributed by atoms with Gasteiger partial charge in [0.25, 0.3) is 0 Å². The van der Waals surface area contributed by atoms with Gasteiger partial charge in [-0.2, -0.15) is 0 Å². The first-order valence-corrected chi connectivity index (χ1v) is 7.75. The number of hydrogen-bond donors (Lipinski definition) is 1. The molecule has 0 bridgehead atoms. The minimum atomic E-state index is -0.137. The van der Waals surface area contributed by atoms with Crippen molar-refractivity contribution in [2.24, 2.45) is 0 Å². The van der Waals surface area contributed by atoms with Gasteiger partial charge in [0.1, 0.15) is 17.1 Å². The van der Waals surface area contributed by atoms with Crippen LogP contribution in [0.15, 0.2) is 18.2 Å². The molecule has 1 N–H and O–H groups in total. The minimum absolute atomic E-state index is 0.137. The van der Waals surface area contributed by atoms with Gasteiger partial charge in [0, 0.05) is 12.5 Å². The molecule has 0 saturated heterocycles. The van der Waals surface area contributed by atoms with Crippen molar-refractivity contribution in [3.63, 3.8) is 0 Å². The van der Waals surface area contributed by atoms with E-state index in [0.717, 1.165) is 24.5 Å². The Labute approximate surface area is 122 Å². The molecule has 1 heterocycles. The van der Waals surface area contributed by atoms with Gasteiger partial charge in [0.2, 0.25) is 0 Å². The smallest absolute Gasteiger partial charge is 0.128 e. The Morgan fingerprint density at radius 2 is 2.15 bits per heavy atom. The van der Waals surface area contributed by atoms with Crippen LogP contribution >= 0.6 is 0 Å². The molecule has 2 rings (SSSR count). The van der Waals surface area contributed by atoms with Gasteiger partial charge in [-0.05, 0) is 45.9 Å². The van der Waals surface area contributed by atoms with Gasteiger partial charge in [-0.3, -0.25) is 0 Å². The van der Waals surface area contributed by atoms with E-state index in [1.54, 1.807) is 0 Å². The second-order valence-electron chi connectivity index (χ2n) is 6.03. The van der Waals surface area contributed by atoms with Crippen molar-refractivity contribution in [2.75, 3.05) is 13.2 Å². The normalized spacial score (nSPS) is 20.1. The molecule has 1 aliphatic rings. The Bertz CT molecular complexity index is 443. The number of ether oxygens (including phenoxy) is 2. The molecular weight excluding hydrogens is 250 g/mol. The Morgan fingerprint density at radius 1 is 1.35 bits per heavy atom. The lowest BCUT2D eigenvalue weighted by atomic mass is 9.89. The summed E-state index contributed by atoms with van der Waals surface area (Å²) in [4.78, 5) is 0. The topological polar surface area (TPSA) is 30.5 Å². The van der Waals surface area contributed by atoms with Crippen LogP contribution in [-0.4, -0.2) is 18.8 Å². The quantitative estimate of drug-likeness (QED) is 0.795. The van der Waals surface area contributed by atoms with Gasteiger partial charge >= 0.3 is 0 Å². The fourth-order valence-corrected chi connectivity index (χ4v) is 2.80. The van der Waals surface area contributed by atoms with Crippen LogP contribution in [-0.2, 0) is 0 Å². The van der Waals surface area contributed by atoms with Crippen molar-refractivity contribution in [1.82, 2.24) is 5.32 Å². The van der Waals surface area contributed by atoms with Crippen molar-refractivity contribution in [3.8, 4) is 11.5 Å². The first kappa shape index (κ1) is 15.2. The van der Waals surface area contributed by atoms with Gasteiger partial charge < -0.3 is 14.8 Å². The molecule has 1 unspecified atom stereocenters. The molecule has 20 heavy (non-hydrogen) atoms. The fourth-order valence-electron chi connectivity index (χ4n) is 2.80. The summed E-state index contributed by atoms with van der Waals surface area (Å²) in [6.45, 7) is 10.3. The van der Waals surface area contributed by atoms with E-state index in [0.29, 0.717) is 12.6 Å². The number of nitrogens with one attached hydrogen (secondary N) is 1. The van der Waals surface area contributed by atoms with Crippen LogP contribution in [0, 0.1) is 0 Å². The highest BCUT2D eigenvalue weighted by atomic mass is 16.5. The lowest BCUT2D eigenvalue weighted by Crippen LogP contribution is -2.40. The number of hydrogen-bond acceptors (Lipinski definition) is 3. The van der Waals surface area contributed by atoms with Gasteiger partial charge in [-0.15, -0.1) is 0 Å². The summed E-state index contributed by atoms with van der Waals surface area (Å²) >= 11 is 0. The lowest BCUT2D eigenvalue weighted by molar-refractivity contribution is 0.0645. The molecular formula is C17H27NO2. The van der Waals surface area contributed by atoms with Gasteiger partial charge in [0.15, 0.2) is 0 Å². The Kier molecular flexibility index (Phi) is 4.92. The highest BCUT2D eigenvalue weighted by molar-refractivity contribution is 5.48. The van der Waals surface area contributed by atoms with E-state index in [1.807, 2.05) is 25.1 Å². The molecule has 1 aromatic rings. The Morgan fingerprint density at radius 3 is 2.85 bits per heavy atom. The van der Waals surface area contributed by atoms with Gasteiger partial charge in [-0.1, -0.05) is 19.4 Å². The second-order valence-corrected chi connectivity index (χ2v) is 6.03. The second kappa shape index (κ2) is 6.49. The van der Waals surface area contributed by atoms with E-state index in [2.05, 4.69) is 26.1 Å². The standard InChI is InChI=1S/C17H27NO2/c1-5-7-11-18-13-12-17(3,4)20-15-10-8-9-14(16(13)15)19-6-2/h8-10,13,18H,5-7,11-12H2,1-4H3. The van der Waals surface area contributed by atoms with E-state index >= 15 is 0 Å². The van der Waals surface area contributed by atoms with E-state index in [9.17, 15) is 0 Å². The maximum Gasteiger partial charge on any atom is 0.128 e. The molecule has 0 spiro atoms. The third-order valence-electron chi connectivity index (χ3n) is 3.68. The molecule has 0 fully saturated rings. The molecule has 0 aromatic heterocycles. The number of fused-ring (bicyclic) bond motifs is 1. The van der Waals surface area contributed by atoms with Crippen LogP contribution in [0.1, 0.15) is 58.6 Å². The van der Waals surface area contributed by atoms with Crippen molar-refractivity contribution < 1.29 is 9.47 Å². The van der Waals surface area contributed by atoms with Crippen LogP contribution in [0.3, 0.4) is 0 Å². The largest absolute Gasteiger partial charge is 0.493 e. The molecule has 1 atom stereocenters. The minimum Gasteiger partial charge on any atom is -0.493 e. The zero-order valence-electron chi connectivity index (χ0n) is 13.2. The zero-order valence-corrected chi connectivity index (χ0v) is 13.2. The van der Waals surface area contributed by atoms with Crippen molar-refractivity contribution in [2.45, 2.75) is 58.6 Å². The summed E-state index contributed by atoms with van der Waals surface area (Å²) < 4.78 is 11.9. The van der Waals surface area contributed by atoms with Crippen LogP contribution in [0.5, 0.6) is 11.5 Å². The van der Waals surface area contributed by atoms with Gasteiger partial charge in [-0.25, -0.2) is 0 Å². The number of benzene rings is 1. The summed E-state index contributed by atoms with van der Waals surface area (Å²) in [5.41, 5.74) is 1.05. The first-order chi connectivity index (χ1) is 9.57. The molecule has 3 nitrogen and oxygen atoms in total. The van der Waals surface area contributed by atoms with Crippen LogP contribution in [0.4, 0.5) is 0 Å². The van der Waals surface area contributed by atoms with Crippen LogP contribution < -0.4 is 14.8 Å². The average molecular weight is 277 g/mol. The summed E-state index contributed by atoms with van der Waals surface area (Å²) in [7, 11) is 0. The van der Waals surface area contributed by atoms with Crippen molar-refractivity contribution in [3.05, 3.63) is 23.8 Å². The van der Waals surface area contributed by atoms with Crippen LogP contribution in [0.25, 0.3) is 0 Å². The van der Waals surface area contributed by atoms with E-state index in [1.165, 1.54) is 18.4 Å². The highest BCUT2D eigenvalue weighted by Crippen LogP contribution is 2.44. The first-order valence-electron chi connectivity index (χ1n) is 7.75. The molecule has 0 saturated carbocycles. The maximum absolute atomic E-state index is 6.12. The molecule has 3 heteroatoms. The van der Waals surface area contributed by atoms with E-state index in [-0.39, 0.29) is 5.60 Å². The number of rotatable bonds is 6. The molecule has 1 aliphatic heterocycles. The zero-order chi connectivity index (χ0) is 14.6. The predicted octanol–water partition coefficient (Wildman–Crippen LogP) is 4.08. The average Bonchev–Trinajstić information content (AvgIpc) is 2.38. The predicted molar refractivity (Wildman–Crippen MR) is 82.6 cm³/mol. The highest BCUT2D eigenvalue weighted by Gasteiger charge is 2.35. The molecule has 1 aromatic carbocycles. The molecule has 0 aliphatic carbocycles. The third-order valence-corrected chi connectivity index (χ3v) is 3.68. The summed E-state index contributed by atoms with van der Waals surface area (Å²) in [6.07, 6.45) is 3.37. The summed E-state index contributed by atoms with van der Waals surface area (Å²) in [5, 5.41) is 3.67. The SMILES string of the molecule is CCCCNC1CC(C)(C)Oc2cccc(OCC)c21. The molecule has 0 amide bonds. The van der Waals surface area contributed by atoms with E-state index < -0.39 is 0 Å². The van der Waals surface area contributed by atoms with Gasteiger partial charge in [0.05, 0.1) is 12.2 Å². The number of unbranched alkanes of at least 4 members (excludes halogenated alkanes) is 1. The Balaban J connectivity index is 2.28. The molecule has 0 radical (unpaired) electrons. The third kappa shape index (κ3) is 3.45. The summed E-state index contributed by atoms with van der Waals surface area (Å²) in [6, 6.07) is 6.41. The summed E-state index contributed by atoms with van der Waals surface area (Å²) in [5.74, 6) is 1.91. The van der Waals surface area contributed by atoms with Crippen LogP contribution in [0.2, 0.25) is 0 Å². The Hall–Kier alpha value is -1.22. The van der Waals surface area contributed by atoms with E-state index in [4.69, 9.17) is 9.47 Å². The molecule has 112 valence electrons. The maximum atomic E-state index is 6.12. The van der Waals surface area contributed by atoms with Crippen molar-refractivity contribution in [1.29, 1.82) is 0 Å². The lowest BCUT2D eigenvalue weighted by Gasteiger charge is -2.38.